The Morgan fingerprint density at radius 1 is 1.35 bits per heavy atom. The van der Waals surface area contributed by atoms with Crippen LogP contribution in [0.3, 0.4) is 0 Å². The normalized spacial score (nSPS) is 14.8. The Kier molecular flexibility index (Phi) is 3.64. The Bertz CT molecular complexity index is 445. The number of anilines is 1. The summed E-state index contributed by atoms with van der Waals surface area (Å²) in [4.78, 5) is 7.65. The van der Waals surface area contributed by atoms with E-state index in [0.29, 0.717) is 5.92 Å². The standard InChI is InChI=1S/C13H19N3O/c1-9(7-10(2)17)8-14-13-15-11-5-3-4-6-12(11)16-13/h3-6,9-10,17H,7-8H2,1-2H3,(H2,14,15,16). The number of aliphatic hydroxyl groups is 1. The lowest BCUT2D eigenvalue weighted by Gasteiger charge is -2.13. The van der Waals surface area contributed by atoms with E-state index in [1.807, 2.05) is 31.2 Å². The molecule has 2 atom stereocenters. The van der Waals surface area contributed by atoms with Crippen molar-refractivity contribution in [2.75, 3.05) is 11.9 Å². The second-order valence-corrected chi connectivity index (χ2v) is 4.67. The molecule has 4 nitrogen and oxygen atoms in total. The molecular weight excluding hydrogens is 214 g/mol. The van der Waals surface area contributed by atoms with Gasteiger partial charge in [-0.1, -0.05) is 19.1 Å². The summed E-state index contributed by atoms with van der Waals surface area (Å²) in [7, 11) is 0. The van der Waals surface area contributed by atoms with Crippen LogP contribution in [0.5, 0.6) is 0 Å². The van der Waals surface area contributed by atoms with Crippen molar-refractivity contribution in [2.45, 2.75) is 26.4 Å². The molecule has 0 aliphatic carbocycles. The maximum Gasteiger partial charge on any atom is 0.201 e. The minimum absolute atomic E-state index is 0.248. The Hall–Kier alpha value is -1.55. The van der Waals surface area contributed by atoms with Crippen LogP contribution in [0.1, 0.15) is 20.3 Å². The fourth-order valence-corrected chi connectivity index (χ4v) is 1.97. The molecule has 4 heteroatoms. The first kappa shape index (κ1) is 11.9. The SMILES string of the molecule is CC(O)CC(C)CNc1nc2ccccc2[nH]1. The number of para-hydroxylation sites is 2. The molecule has 0 spiro atoms. The second-order valence-electron chi connectivity index (χ2n) is 4.67. The molecule has 2 unspecified atom stereocenters. The molecule has 0 saturated heterocycles. The zero-order chi connectivity index (χ0) is 12.3. The molecule has 92 valence electrons. The van der Waals surface area contributed by atoms with Gasteiger partial charge in [-0.05, 0) is 31.4 Å². The zero-order valence-corrected chi connectivity index (χ0v) is 10.3. The Balaban J connectivity index is 1.95. The number of nitrogens with zero attached hydrogens (tertiary/aromatic N) is 1. The third kappa shape index (κ3) is 3.20. The van der Waals surface area contributed by atoms with Crippen molar-refractivity contribution in [3.05, 3.63) is 24.3 Å². The summed E-state index contributed by atoms with van der Waals surface area (Å²) < 4.78 is 0. The summed E-state index contributed by atoms with van der Waals surface area (Å²) in [5.41, 5.74) is 2.01. The zero-order valence-electron chi connectivity index (χ0n) is 10.3. The molecule has 1 heterocycles. The smallest absolute Gasteiger partial charge is 0.201 e. The van der Waals surface area contributed by atoms with E-state index in [-0.39, 0.29) is 6.10 Å². The average molecular weight is 233 g/mol. The predicted molar refractivity (Wildman–Crippen MR) is 70.0 cm³/mol. The quantitative estimate of drug-likeness (QED) is 0.743. The number of H-pyrrole nitrogens is 1. The molecule has 0 saturated carbocycles. The first-order chi connectivity index (χ1) is 8.15. The second kappa shape index (κ2) is 5.19. The third-order valence-electron chi connectivity index (χ3n) is 2.75. The van der Waals surface area contributed by atoms with Gasteiger partial charge in [0.1, 0.15) is 0 Å². The van der Waals surface area contributed by atoms with Gasteiger partial charge in [0.2, 0.25) is 5.95 Å². The Labute approximate surface area is 101 Å². The molecule has 1 aromatic heterocycles. The van der Waals surface area contributed by atoms with Gasteiger partial charge in [-0.2, -0.15) is 0 Å². The molecule has 2 rings (SSSR count). The summed E-state index contributed by atoms with van der Waals surface area (Å²) in [5.74, 6) is 1.21. The number of aliphatic hydroxyl groups excluding tert-OH is 1. The molecule has 2 aromatic rings. The van der Waals surface area contributed by atoms with Crippen molar-refractivity contribution in [3.8, 4) is 0 Å². The van der Waals surface area contributed by atoms with Crippen LogP contribution >= 0.6 is 0 Å². The summed E-state index contributed by atoms with van der Waals surface area (Å²) in [5, 5.41) is 12.5. The number of nitrogens with one attached hydrogen (secondary N) is 2. The van der Waals surface area contributed by atoms with Crippen LogP contribution in [-0.2, 0) is 0 Å². The van der Waals surface area contributed by atoms with Crippen molar-refractivity contribution in [3.63, 3.8) is 0 Å². The maximum atomic E-state index is 9.28. The first-order valence-electron chi connectivity index (χ1n) is 6.02. The Morgan fingerprint density at radius 2 is 2.12 bits per heavy atom. The molecule has 0 amide bonds. The molecule has 0 radical (unpaired) electrons. The van der Waals surface area contributed by atoms with E-state index in [4.69, 9.17) is 0 Å². The van der Waals surface area contributed by atoms with Crippen LogP contribution in [0, 0.1) is 5.92 Å². The van der Waals surface area contributed by atoms with E-state index in [2.05, 4.69) is 22.2 Å². The fraction of sp³-hybridized carbons (Fsp3) is 0.462. The minimum atomic E-state index is -0.248. The van der Waals surface area contributed by atoms with Gasteiger partial charge < -0.3 is 15.4 Å². The van der Waals surface area contributed by atoms with E-state index < -0.39 is 0 Å². The molecule has 0 aliphatic rings. The number of rotatable bonds is 5. The van der Waals surface area contributed by atoms with Crippen molar-refractivity contribution < 1.29 is 5.11 Å². The van der Waals surface area contributed by atoms with Crippen LogP contribution in [0.15, 0.2) is 24.3 Å². The summed E-state index contributed by atoms with van der Waals surface area (Å²) >= 11 is 0. The highest BCUT2D eigenvalue weighted by atomic mass is 16.3. The van der Waals surface area contributed by atoms with Crippen molar-refractivity contribution in [2.24, 2.45) is 5.92 Å². The highest BCUT2D eigenvalue weighted by Gasteiger charge is 2.07. The van der Waals surface area contributed by atoms with E-state index in [0.717, 1.165) is 29.9 Å². The average Bonchev–Trinajstić information content (AvgIpc) is 2.68. The number of hydrogen-bond acceptors (Lipinski definition) is 3. The number of fused-ring (bicyclic) bond motifs is 1. The highest BCUT2D eigenvalue weighted by molar-refractivity contribution is 5.77. The van der Waals surface area contributed by atoms with E-state index in [1.54, 1.807) is 0 Å². The van der Waals surface area contributed by atoms with Gasteiger partial charge in [0.25, 0.3) is 0 Å². The van der Waals surface area contributed by atoms with Crippen LogP contribution in [0.25, 0.3) is 11.0 Å². The highest BCUT2D eigenvalue weighted by Crippen LogP contribution is 2.14. The van der Waals surface area contributed by atoms with Gasteiger partial charge in [-0.25, -0.2) is 4.98 Å². The molecule has 0 aliphatic heterocycles. The minimum Gasteiger partial charge on any atom is -0.393 e. The first-order valence-corrected chi connectivity index (χ1v) is 6.02. The molecule has 3 N–H and O–H groups in total. The van der Waals surface area contributed by atoms with Gasteiger partial charge in [0.15, 0.2) is 0 Å². The van der Waals surface area contributed by atoms with Crippen molar-refractivity contribution in [1.82, 2.24) is 9.97 Å². The number of aromatic amines is 1. The monoisotopic (exact) mass is 233 g/mol. The molecule has 1 aromatic carbocycles. The molecule has 0 fully saturated rings. The molecular formula is C13H19N3O. The maximum absolute atomic E-state index is 9.28. The lowest BCUT2D eigenvalue weighted by molar-refractivity contribution is 0.166. The van der Waals surface area contributed by atoms with Gasteiger partial charge in [0.05, 0.1) is 17.1 Å². The number of benzene rings is 1. The fourth-order valence-electron chi connectivity index (χ4n) is 1.97. The lowest BCUT2D eigenvalue weighted by Crippen LogP contribution is -2.16. The number of hydrogen-bond donors (Lipinski definition) is 3. The Morgan fingerprint density at radius 3 is 2.82 bits per heavy atom. The third-order valence-corrected chi connectivity index (χ3v) is 2.75. The van der Waals surface area contributed by atoms with Gasteiger partial charge in [0, 0.05) is 6.54 Å². The molecule has 0 bridgehead atoms. The lowest BCUT2D eigenvalue weighted by atomic mass is 10.1. The largest absolute Gasteiger partial charge is 0.393 e. The van der Waals surface area contributed by atoms with E-state index in [1.165, 1.54) is 0 Å². The van der Waals surface area contributed by atoms with Gasteiger partial charge in [-0.15, -0.1) is 0 Å². The van der Waals surface area contributed by atoms with Crippen LogP contribution in [-0.4, -0.2) is 27.7 Å². The van der Waals surface area contributed by atoms with Crippen LogP contribution in [0.2, 0.25) is 0 Å². The topological polar surface area (TPSA) is 60.9 Å². The van der Waals surface area contributed by atoms with E-state index in [9.17, 15) is 5.11 Å². The summed E-state index contributed by atoms with van der Waals surface area (Å²) in [6.45, 7) is 4.74. The van der Waals surface area contributed by atoms with Crippen LogP contribution in [0.4, 0.5) is 5.95 Å². The summed E-state index contributed by atoms with van der Waals surface area (Å²) in [6, 6.07) is 7.95. The van der Waals surface area contributed by atoms with Crippen molar-refractivity contribution >= 4 is 17.0 Å². The predicted octanol–water partition coefficient (Wildman–Crippen LogP) is 2.38. The van der Waals surface area contributed by atoms with Gasteiger partial charge >= 0.3 is 0 Å². The summed E-state index contributed by atoms with van der Waals surface area (Å²) in [6.07, 6.45) is 0.551. The van der Waals surface area contributed by atoms with Gasteiger partial charge in [-0.3, -0.25) is 0 Å². The van der Waals surface area contributed by atoms with Crippen LogP contribution < -0.4 is 5.32 Å². The van der Waals surface area contributed by atoms with Crippen molar-refractivity contribution in [1.29, 1.82) is 0 Å². The number of imidazole rings is 1. The van der Waals surface area contributed by atoms with E-state index >= 15 is 0 Å². The molecule has 17 heavy (non-hydrogen) atoms. The number of aromatic nitrogens is 2.